The van der Waals surface area contributed by atoms with Crippen molar-refractivity contribution in [3.05, 3.63) is 48.2 Å². The van der Waals surface area contributed by atoms with Crippen LogP contribution in [0.4, 0.5) is 0 Å². The van der Waals surface area contributed by atoms with E-state index in [1.165, 1.54) is 5.56 Å². The Hall–Kier alpha value is -3.00. The van der Waals surface area contributed by atoms with Crippen LogP contribution in [0.1, 0.15) is 17.4 Å². The first-order valence-corrected chi connectivity index (χ1v) is 8.30. The van der Waals surface area contributed by atoms with Crippen LogP contribution in [0.15, 0.2) is 41.3 Å². The highest BCUT2D eigenvalue weighted by molar-refractivity contribution is 5.45. The molecule has 0 spiro atoms. The van der Waals surface area contributed by atoms with Gasteiger partial charge in [-0.1, -0.05) is 11.2 Å². The predicted octanol–water partition coefficient (Wildman–Crippen LogP) is 2.14. The zero-order valence-electron chi connectivity index (χ0n) is 14.6. The first-order chi connectivity index (χ1) is 12.8. The summed E-state index contributed by atoms with van der Waals surface area (Å²) in [5.41, 5.74) is 1.79. The topological polar surface area (TPSA) is 86.4 Å². The Morgan fingerprint density at radius 1 is 1.15 bits per heavy atom. The molecular formula is C18H19N5O3. The lowest BCUT2D eigenvalue weighted by Gasteiger charge is -2.37. The zero-order chi connectivity index (χ0) is 17.9. The molecule has 0 N–H and O–H groups in total. The molecule has 0 radical (unpaired) electrons. The van der Waals surface area contributed by atoms with Gasteiger partial charge in [0.15, 0.2) is 11.5 Å². The summed E-state index contributed by atoms with van der Waals surface area (Å²) in [6.45, 7) is 2.58. The van der Waals surface area contributed by atoms with Crippen LogP contribution in [0.3, 0.4) is 0 Å². The second-order valence-corrected chi connectivity index (χ2v) is 6.13. The molecular weight excluding hydrogens is 334 g/mol. The van der Waals surface area contributed by atoms with Crippen LogP contribution in [-0.2, 0) is 6.54 Å². The maximum absolute atomic E-state index is 5.40. The maximum Gasteiger partial charge on any atom is 0.232 e. The standard InChI is InChI=1S/C18H19N5O3/c1-24-15-4-3-12(7-16(15)25-2)9-23-10-13(11-23)18-21-17(22-26-18)14-8-19-5-6-20-14/h3-8,13H,9-11H2,1-2H3. The number of benzene rings is 1. The predicted molar refractivity (Wildman–Crippen MR) is 92.9 cm³/mol. The molecule has 0 unspecified atom stereocenters. The summed E-state index contributed by atoms with van der Waals surface area (Å²) >= 11 is 0. The highest BCUT2D eigenvalue weighted by atomic mass is 16.5. The van der Waals surface area contributed by atoms with E-state index in [4.69, 9.17) is 14.0 Å². The number of likely N-dealkylation sites (tertiary alicyclic amines) is 1. The van der Waals surface area contributed by atoms with Gasteiger partial charge in [0.1, 0.15) is 5.69 Å². The van der Waals surface area contributed by atoms with Gasteiger partial charge in [-0.05, 0) is 17.7 Å². The fraction of sp³-hybridized carbons (Fsp3) is 0.333. The minimum absolute atomic E-state index is 0.244. The van der Waals surface area contributed by atoms with Crippen molar-refractivity contribution >= 4 is 0 Å². The number of hydrogen-bond acceptors (Lipinski definition) is 8. The Morgan fingerprint density at radius 2 is 2.00 bits per heavy atom. The van der Waals surface area contributed by atoms with Crippen molar-refractivity contribution in [3.8, 4) is 23.0 Å². The first-order valence-electron chi connectivity index (χ1n) is 8.30. The van der Waals surface area contributed by atoms with Gasteiger partial charge in [0.25, 0.3) is 0 Å². The first kappa shape index (κ1) is 16.5. The Morgan fingerprint density at radius 3 is 2.73 bits per heavy atom. The second-order valence-electron chi connectivity index (χ2n) is 6.13. The van der Waals surface area contributed by atoms with Crippen molar-refractivity contribution in [2.24, 2.45) is 0 Å². The van der Waals surface area contributed by atoms with Crippen molar-refractivity contribution in [1.82, 2.24) is 25.0 Å². The summed E-state index contributed by atoms with van der Waals surface area (Å²) in [4.78, 5) is 15.0. The van der Waals surface area contributed by atoms with Crippen LogP contribution < -0.4 is 9.47 Å². The quantitative estimate of drug-likeness (QED) is 0.666. The summed E-state index contributed by atoms with van der Waals surface area (Å²) in [6, 6.07) is 5.98. The molecule has 0 amide bonds. The number of hydrogen-bond donors (Lipinski definition) is 0. The molecule has 1 aromatic carbocycles. The Labute approximate surface area is 150 Å². The van der Waals surface area contributed by atoms with E-state index in [0.29, 0.717) is 17.4 Å². The summed E-state index contributed by atoms with van der Waals surface area (Å²) in [7, 11) is 3.28. The third-order valence-corrected chi connectivity index (χ3v) is 4.39. The molecule has 0 atom stereocenters. The van der Waals surface area contributed by atoms with Gasteiger partial charge in [-0.25, -0.2) is 4.98 Å². The van der Waals surface area contributed by atoms with Gasteiger partial charge in [-0.15, -0.1) is 0 Å². The second kappa shape index (κ2) is 7.09. The van der Waals surface area contributed by atoms with Crippen LogP contribution in [0.25, 0.3) is 11.5 Å². The largest absolute Gasteiger partial charge is 0.493 e. The van der Waals surface area contributed by atoms with Gasteiger partial charge in [-0.2, -0.15) is 4.98 Å². The fourth-order valence-corrected chi connectivity index (χ4v) is 3.01. The van der Waals surface area contributed by atoms with E-state index in [0.717, 1.165) is 31.1 Å². The van der Waals surface area contributed by atoms with Gasteiger partial charge in [0, 0.05) is 32.0 Å². The lowest BCUT2D eigenvalue weighted by molar-refractivity contribution is 0.117. The minimum atomic E-state index is 0.244. The van der Waals surface area contributed by atoms with Crippen LogP contribution in [0.2, 0.25) is 0 Å². The molecule has 1 aliphatic heterocycles. The number of rotatable bonds is 6. The molecule has 0 aliphatic carbocycles. The van der Waals surface area contributed by atoms with Crippen LogP contribution in [-0.4, -0.2) is 52.3 Å². The van der Waals surface area contributed by atoms with Crippen molar-refractivity contribution < 1.29 is 14.0 Å². The maximum atomic E-state index is 5.40. The summed E-state index contributed by atoms with van der Waals surface area (Å²) in [5, 5.41) is 4.00. The van der Waals surface area contributed by atoms with Crippen molar-refractivity contribution in [2.75, 3.05) is 27.3 Å². The highest BCUT2D eigenvalue weighted by Gasteiger charge is 2.32. The van der Waals surface area contributed by atoms with Crippen molar-refractivity contribution in [3.63, 3.8) is 0 Å². The molecule has 2 aromatic heterocycles. The summed E-state index contributed by atoms with van der Waals surface area (Å²) < 4.78 is 16.0. The molecule has 0 bridgehead atoms. The van der Waals surface area contributed by atoms with E-state index < -0.39 is 0 Å². The third-order valence-electron chi connectivity index (χ3n) is 4.39. The minimum Gasteiger partial charge on any atom is -0.493 e. The number of aromatic nitrogens is 4. The highest BCUT2D eigenvalue weighted by Crippen LogP contribution is 2.31. The SMILES string of the molecule is COc1ccc(CN2CC(c3nc(-c4cnccn4)no3)C2)cc1OC. The van der Waals surface area contributed by atoms with E-state index in [-0.39, 0.29) is 5.92 Å². The third kappa shape index (κ3) is 3.23. The van der Waals surface area contributed by atoms with Crippen LogP contribution in [0.5, 0.6) is 11.5 Å². The molecule has 4 rings (SSSR count). The average Bonchev–Trinajstić information content (AvgIpc) is 3.14. The van der Waals surface area contributed by atoms with E-state index in [2.05, 4.69) is 25.0 Å². The van der Waals surface area contributed by atoms with E-state index in [9.17, 15) is 0 Å². The van der Waals surface area contributed by atoms with E-state index >= 15 is 0 Å². The van der Waals surface area contributed by atoms with E-state index in [1.54, 1.807) is 32.8 Å². The van der Waals surface area contributed by atoms with Gasteiger partial charge >= 0.3 is 0 Å². The van der Waals surface area contributed by atoms with Gasteiger partial charge < -0.3 is 14.0 Å². The lowest BCUT2D eigenvalue weighted by atomic mass is 9.99. The Balaban J connectivity index is 1.37. The number of ether oxygens (including phenoxy) is 2. The van der Waals surface area contributed by atoms with Crippen molar-refractivity contribution in [2.45, 2.75) is 12.5 Å². The van der Waals surface area contributed by atoms with E-state index in [1.807, 2.05) is 18.2 Å². The number of methoxy groups -OCH3 is 2. The van der Waals surface area contributed by atoms with Gasteiger partial charge in [0.05, 0.1) is 26.3 Å². The smallest absolute Gasteiger partial charge is 0.232 e. The summed E-state index contributed by atoms with van der Waals surface area (Å²) in [5.74, 6) is 2.85. The molecule has 1 aliphatic rings. The van der Waals surface area contributed by atoms with Gasteiger partial charge in [0.2, 0.25) is 11.7 Å². The van der Waals surface area contributed by atoms with Crippen molar-refractivity contribution in [1.29, 1.82) is 0 Å². The Bertz CT molecular complexity index is 878. The molecule has 3 heterocycles. The summed E-state index contributed by atoms with van der Waals surface area (Å²) in [6.07, 6.45) is 4.85. The molecule has 1 saturated heterocycles. The molecule has 8 heteroatoms. The molecule has 8 nitrogen and oxygen atoms in total. The molecule has 0 saturated carbocycles. The van der Waals surface area contributed by atoms with Crippen LogP contribution in [0, 0.1) is 0 Å². The average molecular weight is 353 g/mol. The lowest BCUT2D eigenvalue weighted by Crippen LogP contribution is -2.44. The monoisotopic (exact) mass is 353 g/mol. The normalized spacial score (nSPS) is 14.8. The fourth-order valence-electron chi connectivity index (χ4n) is 3.01. The molecule has 1 fully saturated rings. The molecule has 3 aromatic rings. The Kier molecular flexibility index (Phi) is 4.49. The molecule has 26 heavy (non-hydrogen) atoms. The number of nitrogens with zero attached hydrogens (tertiary/aromatic N) is 5. The van der Waals surface area contributed by atoms with Gasteiger partial charge in [-0.3, -0.25) is 9.88 Å². The van der Waals surface area contributed by atoms with Crippen LogP contribution >= 0.6 is 0 Å². The zero-order valence-corrected chi connectivity index (χ0v) is 14.6. The molecule has 134 valence electrons.